The number of phenolic OH excluding ortho intramolecular Hbond substituents is 1. The first kappa shape index (κ1) is 20.1. The molecule has 0 saturated carbocycles. The zero-order valence-corrected chi connectivity index (χ0v) is 15.3. The predicted octanol–water partition coefficient (Wildman–Crippen LogP) is 3.42. The Balaban J connectivity index is 2.21. The Morgan fingerprint density at radius 2 is 1.78 bits per heavy atom. The molecule has 2 aromatic carbocycles. The Morgan fingerprint density at radius 1 is 1.07 bits per heavy atom. The fourth-order valence-electron chi connectivity index (χ4n) is 2.19. The van der Waals surface area contributed by atoms with Crippen molar-refractivity contribution in [3.05, 3.63) is 52.6 Å². The number of carbonyl (C=O) groups excluding carboxylic acids is 1. The summed E-state index contributed by atoms with van der Waals surface area (Å²) in [6.07, 6.45) is 2.85. The average Bonchev–Trinajstić information content (AvgIpc) is 2.66. The van der Waals surface area contributed by atoms with Gasteiger partial charge in [0.15, 0.2) is 35.4 Å². The van der Waals surface area contributed by atoms with E-state index in [0.29, 0.717) is 11.1 Å². The van der Waals surface area contributed by atoms with E-state index in [1.807, 2.05) is 0 Å². The average molecular weight is 393 g/mol. The van der Waals surface area contributed by atoms with E-state index in [9.17, 15) is 14.7 Å². The third kappa shape index (κ3) is 5.15. The monoisotopic (exact) mass is 392 g/mol. The normalized spacial score (nSPS) is 10.6. The first-order chi connectivity index (χ1) is 12.8. The molecule has 0 aromatic heterocycles. The van der Waals surface area contributed by atoms with Gasteiger partial charge in [-0.1, -0.05) is 17.7 Å². The van der Waals surface area contributed by atoms with E-state index in [4.69, 9.17) is 30.9 Å². The largest absolute Gasteiger partial charge is 0.503 e. The molecule has 0 aliphatic heterocycles. The van der Waals surface area contributed by atoms with Gasteiger partial charge in [0.05, 0.1) is 19.2 Å². The second-order valence-corrected chi connectivity index (χ2v) is 5.71. The maximum atomic E-state index is 12.4. The number of rotatable bonds is 8. The molecule has 2 rings (SSSR count). The fourth-order valence-corrected chi connectivity index (χ4v) is 2.41. The van der Waals surface area contributed by atoms with Crippen LogP contribution in [0.25, 0.3) is 6.08 Å². The van der Waals surface area contributed by atoms with Gasteiger partial charge in [0.25, 0.3) is 0 Å². The molecule has 0 fully saturated rings. The highest BCUT2D eigenvalue weighted by atomic mass is 35.5. The van der Waals surface area contributed by atoms with Crippen LogP contribution in [0.15, 0.2) is 36.4 Å². The van der Waals surface area contributed by atoms with Crippen LogP contribution in [0.5, 0.6) is 23.0 Å². The smallest absolute Gasteiger partial charge is 0.341 e. The lowest BCUT2D eigenvalue weighted by molar-refractivity contribution is -0.139. The van der Waals surface area contributed by atoms with Crippen LogP contribution in [0.3, 0.4) is 0 Å². The van der Waals surface area contributed by atoms with Crippen LogP contribution in [-0.4, -0.2) is 42.8 Å². The van der Waals surface area contributed by atoms with E-state index in [-0.39, 0.29) is 33.8 Å². The van der Waals surface area contributed by atoms with E-state index in [0.717, 1.165) is 0 Å². The van der Waals surface area contributed by atoms with Crippen molar-refractivity contribution in [2.24, 2.45) is 0 Å². The third-order valence-corrected chi connectivity index (χ3v) is 3.79. The quantitative estimate of drug-likeness (QED) is 0.524. The molecule has 0 unspecified atom stereocenters. The van der Waals surface area contributed by atoms with Crippen molar-refractivity contribution in [3.63, 3.8) is 0 Å². The van der Waals surface area contributed by atoms with Crippen LogP contribution in [0.1, 0.15) is 15.9 Å². The Labute approximate surface area is 160 Å². The van der Waals surface area contributed by atoms with Crippen LogP contribution in [-0.2, 0) is 4.79 Å². The van der Waals surface area contributed by atoms with Gasteiger partial charge in [-0.05, 0) is 42.0 Å². The number of ketones is 1. The molecule has 142 valence electrons. The number of methoxy groups -OCH3 is 2. The topological polar surface area (TPSA) is 102 Å². The molecule has 7 nitrogen and oxygen atoms in total. The van der Waals surface area contributed by atoms with Crippen molar-refractivity contribution in [1.29, 1.82) is 0 Å². The lowest BCUT2D eigenvalue weighted by Crippen LogP contribution is -2.10. The summed E-state index contributed by atoms with van der Waals surface area (Å²) < 4.78 is 15.2. The van der Waals surface area contributed by atoms with Crippen molar-refractivity contribution in [2.45, 2.75) is 0 Å². The maximum Gasteiger partial charge on any atom is 0.341 e. The minimum absolute atomic E-state index is 0.100. The van der Waals surface area contributed by atoms with Crippen LogP contribution >= 0.6 is 11.6 Å². The molecule has 0 radical (unpaired) electrons. The summed E-state index contributed by atoms with van der Waals surface area (Å²) >= 11 is 5.92. The van der Waals surface area contributed by atoms with Crippen molar-refractivity contribution >= 4 is 29.4 Å². The van der Waals surface area contributed by atoms with Gasteiger partial charge in [0, 0.05) is 5.56 Å². The van der Waals surface area contributed by atoms with Crippen LogP contribution in [0, 0.1) is 0 Å². The fraction of sp³-hybridized carbons (Fsp3) is 0.158. The Bertz CT molecular complexity index is 890. The number of carbonyl (C=O) groups is 2. The Hall–Kier alpha value is -3.19. The predicted molar refractivity (Wildman–Crippen MR) is 99.2 cm³/mol. The number of benzene rings is 2. The standard InChI is InChI=1S/C19H17ClO7/c1-25-16-9-12(4-6-15(16)27-10-18(22)23)14(21)5-3-11-7-13(20)19(24)17(8-11)26-2/h3-9,24H,10H2,1-2H3,(H,22,23)/b5-3+. The highest BCUT2D eigenvalue weighted by molar-refractivity contribution is 6.32. The first-order valence-corrected chi connectivity index (χ1v) is 8.05. The molecule has 0 atom stereocenters. The van der Waals surface area contributed by atoms with Gasteiger partial charge in [-0.2, -0.15) is 0 Å². The number of aromatic hydroxyl groups is 1. The number of aliphatic carboxylic acids is 1. The molecule has 0 aliphatic rings. The number of allylic oxidation sites excluding steroid dienone is 1. The summed E-state index contributed by atoms with van der Waals surface area (Å²) in [5.41, 5.74) is 0.888. The SMILES string of the molecule is COc1cc(C(=O)/C=C/c2cc(Cl)c(O)c(OC)c2)ccc1OCC(=O)O. The van der Waals surface area contributed by atoms with Gasteiger partial charge < -0.3 is 24.4 Å². The summed E-state index contributed by atoms with van der Waals surface area (Å²) in [5.74, 6) is -0.967. The molecule has 0 aliphatic carbocycles. The molecular formula is C19H17ClO7. The molecular weight excluding hydrogens is 376 g/mol. The highest BCUT2D eigenvalue weighted by Crippen LogP contribution is 2.35. The third-order valence-electron chi connectivity index (χ3n) is 3.50. The number of phenols is 1. The molecule has 0 heterocycles. The maximum absolute atomic E-state index is 12.4. The number of carboxylic acids is 1. The van der Waals surface area contributed by atoms with E-state index in [2.05, 4.69) is 0 Å². The second-order valence-electron chi connectivity index (χ2n) is 5.30. The van der Waals surface area contributed by atoms with E-state index in [1.165, 1.54) is 56.7 Å². The molecule has 27 heavy (non-hydrogen) atoms. The summed E-state index contributed by atoms with van der Waals surface area (Å²) in [7, 11) is 2.78. The van der Waals surface area contributed by atoms with E-state index < -0.39 is 12.6 Å². The zero-order chi connectivity index (χ0) is 20.0. The zero-order valence-electron chi connectivity index (χ0n) is 14.6. The molecule has 0 amide bonds. The molecule has 2 aromatic rings. The summed E-state index contributed by atoms with van der Waals surface area (Å²) in [6.45, 7) is -0.521. The number of ether oxygens (including phenoxy) is 3. The summed E-state index contributed by atoms with van der Waals surface area (Å²) in [6, 6.07) is 7.44. The summed E-state index contributed by atoms with van der Waals surface area (Å²) in [4.78, 5) is 23.0. The van der Waals surface area contributed by atoms with Crippen LogP contribution < -0.4 is 14.2 Å². The van der Waals surface area contributed by atoms with Crippen LogP contribution in [0.4, 0.5) is 0 Å². The van der Waals surface area contributed by atoms with Crippen molar-refractivity contribution in [3.8, 4) is 23.0 Å². The second kappa shape index (κ2) is 8.95. The molecule has 8 heteroatoms. The van der Waals surface area contributed by atoms with Gasteiger partial charge in [0.1, 0.15) is 0 Å². The van der Waals surface area contributed by atoms with Crippen molar-refractivity contribution < 1.29 is 34.0 Å². The first-order valence-electron chi connectivity index (χ1n) is 7.67. The summed E-state index contributed by atoms with van der Waals surface area (Å²) in [5, 5.41) is 18.5. The van der Waals surface area contributed by atoms with Crippen molar-refractivity contribution in [2.75, 3.05) is 20.8 Å². The number of carboxylic acid groups (broad SMARTS) is 1. The lowest BCUT2D eigenvalue weighted by atomic mass is 10.1. The number of hydrogen-bond acceptors (Lipinski definition) is 6. The van der Waals surface area contributed by atoms with Gasteiger partial charge >= 0.3 is 5.97 Å². The minimum Gasteiger partial charge on any atom is -0.503 e. The van der Waals surface area contributed by atoms with Gasteiger partial charge in [-0.3, -0.25) is 4.79 Å². The van der Waals surface area contributed by atoms with E-state index in [1.54, 1.807) is 0 Å². The van der Waals surface area contributed by atoms with Crippen molar-refractivity contribution in [1.82, 2.24) is 0 Å². The molecule has 0 spiro atoms. The lowest BCUT2D eigenvalue weighted by Gasteiger charge is -2.10. The Morgan fingerprint density at radius 3 is 2.41 bits per heavy atom. The minimum atomic E-state index is -1.12. The molecule has 0 bridgehead atoms. The van der Waals surface area contributed by atoms with E-state index >= 15 is 0 Å². The highest BCUT2D eigenvalue weighted by Gasteiger charge is 2.12. The molecule has 0 saturated heterocycles. The Kier molecular flexibility index (Phi) is 6.67. The van der Waals surface area contributed by atoms with Gasteiger partial charge in [-0.15, -0.1) is 0 Å². The number of halogens is 1. The van der Waals surface area contributed by atoms with Crippen LogP contribution in [0.2, 0.25) is 5.02 Å². The molecule has 2 N–H and O–H groups in total. The number of hydrogen-bond donors (Lipinski definition) is 2. The van der Waals surface area contributed by atoms with Gasteiger partial charge in [-0.25, -0.2) is 4.79 Å². The van der Waals surface area contributed by atoms with Gasteiger partial charge in [0.2, 0.25) is 0 Å².